The van der Waals surface area contributed by atoms with Gasteiger partial charge in [-0.15, -0.1) is 26.2 Å². The molecule has 0 fully saturated rings. The van der Waals surface area contributed by atoms with Gasteiger partial charge in [0.1, 0.15) is 0 Å². The third kappa shape index (κ3) is 39.8. The molecule has 0 heterocycles. The van der Waals surface area contributed by atoms with Gasteiger partial charge in [-0.05, 0) is 83.1 Å². The minimum atomic E-state index is -0.294. The van der Waals surface area contributed by atoms with Crippen molar-refractivity contribution in [2.24, 2.45) is 0 Å². The van der Waals surface area contributed by atoms with Gasteiger partial charge in [-0.1, -0.05) is 423 Å². The van der Waals surface area contributed by atoms with E-state index in [2.05, 4.69) is 187 Å². The first kappa shape index (κ1) is 92.3. The van der Waals surface area contributed by atoms with Crippen molar-refractivity contribution in [3.8, 4) is 0 Å². The fourth-order valence-corrected chi connectivity index (χ4v) is 18.5. The topological polar surface area (TPSA) is 56.4 Å². The molecule has 93 heavy (non-hydrogen) atoms. The van der Waals surface area contributed by atoms with Gasteiger partial charge >= 0.3 is 21.7 Å². The van der Waals surface area contributed by atoms with E-state index in [-0.39, 0.29) is 79.1 Å². The Kier molecular flexibility index (Phi) is 52.0. The van der Waals surface area contributed by atoms with Crippen molar-refractivity contribution in [1.29, 1.82) is 0 Å². The summed E-state index contributed by atoms with van der Waals surface area (Å²) in [6, 6.07) is 6.17. The molecule has 0 aromatic rings. The van der Waals surface area contributed by atoms with Gasteiger partial charge in [0.25, 0.3) is 0 Å². The Morgan fingerprint density at radius 3 is 0.473 bits per heavy atom. The Hall–Kier alpha value is -0.658. The van der Waals surface area contributed by atoms with Crippen molar-refractivity contribution < 1.29 is 21.7 Å². The second kappa shape index (κ2) is 52.3. The average Bonchev–Trinajstić information content (AvgIpc) is 1.70. The van der Waals surface area contributed by atoms with Crippen LogP contribution in [0.4, 0.5) is 0 Å². The van der Waals surface area contributed by atoms with Gasteiger partial charge in [0, 0.05) is 35.2 Å². The molecular weight excluding hydrogens is 1230 g/mol. The van der Waals surface area contributed by atoms with Crippen molar-refractivity contribution in [1.82, 2.24) is 0 Å². The molecule has 0 amide bonds. The van der Waals surface area contributed by atoms with Crippen LogP contribution >= 0.6 is 0 Å². The molecule has 4 nitrogen and oxygen atoms in total. The Balaban J connectivity index is 0.00000121. The third-order valence-corrected chi connectivity index (χ3v) is 28.4. The van der Waals surface area contributed by atoms with Gasteiger partial charge in [-0.25, -0.2) is 0 Å². The van der Waals surface area contributed by atoms with Crippen molar-refractivity contribution in [3.05, 3.63) is 112 Å². The molecule has 0 saturated heterocycles. The molecule has 0 N–H and O–H groups in total. The summed E-state index contributed by atoms with van der Waals surface area (Å²) in [4.78, 5) is 0. The van der Waals surface area contributed by atoms with Crippen LogP contribution < -0.4 is 0 Å². The Bertz CT molecular complexity index is 1950. The monoisotopic (exact) mass is 1390 g/mol. The SMILES string of the molecule is CC1=CC(C)([N-]CCCCCCCCCC[SiH](C)C)C(C)=C1C.CC1=CC(C)([N-]CCCCCCCCCC[SiH](C)C)C(C)=C1C.CC1=CC(C)([N-]CCCCCCCCCC[SiH](C)C)C(C)=C1C.CC1=CC(C)([N-]CCCCCCCCCC[SiH](C)C)C(C)=C1C.[Ti+4]. The predicted molar refractivity (Wildman–Crippen MR) is 438 cm³/mol. The molecule has 0 aromatic carbocycles. The van der Waals surface area contributed by atoms with E-state index in [0.717, 1.165) is 26.2 Å². The van der Waals surface area contributed by atoms with Gasteiger partial charge in [-0.2, -0.15) is 0 Å². The van der Waals surface area contributed by atoms with Crippen molar-refractivity contribution >= 4 is 35.2 Å². The molecule has 0 aromatic heterocycles. The van der Waals surface area contributed by atoms with Crippen LogP contribution in [-0.2, 0) is 21.7 Å². The van der Waals surface area contributed by atoms with Crippen LogP contribution in [0.15, 0.2) is 91.2 Å². The first-order chi connectivity index (χ1) is 43.5. The summed E-state index contributed by atoms with van der Waals surface area (Å²) >= 11 is 0. The van der Waals surface area contributed by atoms with E-state index in [1.807, 2.05) is 0 Å². The minimum absolute atomic E-state index is 0. The number of hydrogen-bond acceptors (Lipinski definition) is 0. The van der Waals surface area contributed by atoms with Crippen LogP contribution in [0.2, 0.25) is 76.6 Å². The largest absolute Gasteiger partial charge is 4.00 e. The number of nitrogens with zero attached hydrogens (tertiary/aromatic N) is 4. The van der Waals surface area contributed by atoms with Gasteiger partial charge < -0.3 is 21.3 Å². The van der Waals surface area contributed by atoms with Crippen molar-refractivity contribution in [3.63, 3.8) is 0 Å². The van der Waals surface area contributed by atoms with Gasteiger partial charge in [-0.3, -0.25) is 0 Å². The molecule has 0 saturated carbocycles. The van der Waals surface area contributed by atoms with E-state index in [9.17, 15) is 0 Å². The smallest absolute Gasteiger partial charge is 0.650 e. The van der Waals surface area contributed by atoms with Crippen LogP contribution in [0.5, 0.6) is 0 Å². The molecule has 0 radical (unpaired) electrons. The van der Waals surface area contributed by atoms with E-state index in [1.165, 1.54) is 272 Å². The molecule has 0 bridgehead atoms. The number of hydrogen-bond donors (Lipinski definition) is 0. The normalized spacial score (nSPS) is 21.2. The van der Waals surface area contributed by atoms with Crippen molar-refractivity contribution in [2.75, 3.05) is 26.2 Å². The van der Waals surface area contributed by atoms with Gasteiger partial charge in [0.2, 0.25) is 0 Å². The number of allylic oxidation sites excluding steroid dienone is 8. The minimum Gasteiger partial charge on any atom is -0.650 e. The quantitative estimate of drug-likeness (QED) is 0.0431. The van der Waals surface area contributed by atoms with E-state index in [4.69, 9.17) is 21.3 Å². The summed E-state index contributed by atoms with van der Waals surface area (Å²) in [5, 5.41) is 19.9. The van der Waals surface area contributed by atoms with Gasteiger partial charge in [0.05, 0.1) is 0 Å². The maximum Gasteiger partial charge on any atom is 4.00 e. The third-order valence-electron chi connectivity index (χ3n) is 22.2. The second-order valence-electron chi connectivity index (χ2n) is 32.5. The van der Waals surface area contributed by atoms with E-state index >= 15 is 0 Å². The number of unbranched alkanes of at least 4 members (excludes halogenated alkanes) is 28. The van der Waals surface area contributed by atoms with Crippen molar-refractivity contribution in [2.45, 2.75) is 415 Å². The van der Waals surface area contributed by atoms with Crippen LogP contribution in [-0.4, -0.2) is 83.5 Å². The summed E-state index contributed by atoms with van der Waals surface area (Å²) in [7, 11) is -1.18. The fraction of sp³-hybridized carbons (Fsp3) is 0.810. The zero-order valence-electron chi connectivity index (χ0n) is 67.2. The summed E-state index contributed by atoms with van der Waals surface area (Å²) in [6.45, 7) is 59.6. The Morgan fingerprint density at radius 2 is 0.355 bits per heavy atom. The first-order valence-corrected chi connectivity index (χ1v) is 52.2. The summed E-state index contributed by atoms with van der Waals surface area (Å²) in [5.41, 5.74) is 17.1. The first-order valence-electron chi connectivity index (χ1n) is 39.7. The standard InChI is InChI=1S/4C21H40NSi.Ti/c4*1-18-17-21(4,20(3)19(18)2)22-15-13-11-9-7-8-10-12-14-16-23(5)6;/h4*17,23H,7-16H2,1-6H3;/q4*-1;+4. The van der Waals surface area contributed by atoms with Gasteiger partial charge in [0.15, 0.2) is 0 Å². The van der Waals surface area contributed by atoms with Crippen LogP contribution in [0.3, 0.4) is 0 Å². The molecule has 4 rings (SSSR count). The molecule has 4 unspecified atom stereocenters. The van der Waals surface area contributed by atoms with Crippen LogP contribution in [0.1, 0.15) is 316 Å². The Labute approximate surface area is 606 Å². The van der Waals surface area contributed by atoms with E-state index < -0.39 is 0 Å². The molecule has 536 valence electrons. The molecule has 9 heteroatoms. The average molecular weight is 1390 g/mol. The molecule has 4 aliphatic rings. The molecular formula is C84H160N4Si4Ti. The summed E-state index contributed by atoms with van der Waals surface area (Å²) in [5.74, 6) is 0. The summed E-state index contributed by atoms with van der Waals surface area (Å²) in [6.07, 6.45) is 54.5. The maximum absolute atomic E-state index is 4.98. The predicted octanol–water partition coefficient (Wildman–Crippen LogP) is 28.1. The summed E-state index contributed by atoms with van der Waals surface area (Å²) < 4.78 is 0. The van der Waals surface area contributed by atoms with Crippen LogP contribution in [0.25, 0.3) is 21.3 Å². The molecule has 0 aliphatic heterocycles. The fourth-order valence-electron chi connectivity index (χ4n) is 14.1. The van der Waals surface area contributed by atoms with E-state index in [0.29, 0.717) is 0 Å². The maximum atomic E-state index is 4.98. The molecule has 0 spiro atoms. The van der Waals surface area contributed by atoms with E-state index in [1.54, 1.807) is 24.2 Å². The van der Waals surface area contributed by atoms with Crippen LogP contribution in [0, 0.1) is 0 Å². The second-order valence-corrected chi connectivity index (χ2v) is 45.9. The number of rotatable bonds is 48. The zero-order valence-corrected chi connectivity index (χ0v) is 73.4. The Morgan fingerprint density at radius 1 is 0.226 bits per heavy atom. The zero-order chi connectivity index (χ0) is 69.2. The molecule has 4 atom stereocenters. The molecule has 4 aliphatic carbocycles.